The summed E-state index contributed by atoms with van der Waals surface area (Å²) in [5, 5.41) is 21.0. The van der Waals surface area contributed by atoms with Crippen molar-refractivity contribution in [2.45, 2.75) is 63.8 Å². The van der Waals surface area contributed by atoms with Crippen LogP contribution in [0.4, 0.5) is 5.69 Å². The van der Waals surface area contributed by atoms with Crippen molar-refractivity contribution in [2.75, 3.05) is 18.9 Å². The van der Waals surface area contributed by atoms with Crippen molar-refractivity contribution in [1.82, 2.24) is 4.90 Å². The Bertz CT molecular complexity index is 1230. The lowest BCUT2D eigenvalue weighted by Gasteiger charge is -2.39. The molecule has 0 aliphatic carbocycles. The zero-order valence-corrected chi connectivity index (χ0v) is 23.0. The number of aliphatic hydroxyl groups excluding tert-OH is 1. The van der Waals surface area contributed by atoms with Gasteiger partial charge in [-0.05, 0) is 49.2 Å². The molecule has 0 radical (unpaired) electrons. The lowest BCUT2D eigenvalue weighted by atomic mass is 9.99. The van der Waals surface area contributed by atoms with Gasteiger partial charge in [0.25, 0.3) is 0 Å². The first-order chi connectivity index (χ1) is 19.3. The molecule has 1 amide bonds. The number of carboxylic acid groups (broad SMARTS) is 1. The van der Waals surface area contributed by atoms with Crippen LogP contribution >= 0.6 is 0 Å². The number of likely N-dealkylation sites (N-methyl/N-ethyl adjacent to an activating group) is 1. The van der Waals surface area contributed by atoms with Crippen molar-refractivity contribution in [1.29, 1.82) is 0 Å². The van der Waals surface area contributed by atoms with E-state index < -0.39 is 12.3 Å². The highest BCUT2D eigenvalue weighted by Gasteiger charge is 2.33. The first-order valence-corrected chi connectivity index (χ1v) is 13.7. The van der Waals surface area contributed by atoms with Gasteiger partial charge in [0.1, 0.15) is 0 Å². The maximum absolute atomic E-state index is 12.2. The van der Waals surface area contributed by atoms with Gasteiger partial charge in [0.15, 0.2) is 6.29 Å². The Morgan fingerprint density at radius 2 is 1.62 bits per heavy atom. The predicted molar refractivity (Wildman–Crippen MR) is 152 cm³/mol. The van der Waals surface area contributed by atoms with E-state index in [0.717, 1.165) is 16.7 Å². The van der Waals surface area contributed by atoms with E-state index in [1.807, 2.05) is 42.5 Å². The fourth-order valence-corrected chi connectivity index (χ4v) is 4.85. The summed E-state index contributed by atoms with van der Waals surface area (Å²) in [5.41, 5.74) is 4.58. The maximum Gasteiger partial charge on any atom is 0.303 e. The number of carbonyl (C=O) groups is 2. The van der Waals surface area contributed by atoms with E-state index in [9.17, 15) is 14.7 Å². The van der Waals surface area contributed by atoms with E-state index in [1.165, 1.54) is 5.56 Å². The van der Waals surface area contributed by atoms with Gasteiger partial charge >= 0.3 is 5.97 Å². The van der Waals surface area contributed by atoms with Crippen LogP contribution in [0.3, 0.4) is 0 Å². The van der Waals surface area contributed by atoms with Gasteiger partial charge in [-0.2, -0.15) is 0 Å². The Morgan fingerprint density at radius 3 is 2.27 bits per heavy atom. The summed E-state index contributed by atoms with van der Waals surface area (Å²) in [4.78, 5) is 25.1. The molecule has 0 aromatic heterocycles. The monoisotopic (exact) mass is 546 g/mol. The van der Waals surface area contributed by atoms with Crippen molar-refractivity contribution < 1.29 is 29.3 Å². The number of anilines is 1. The number of carbonyl (C=O) groups excluding carboxylic acids is 1. The van der Waals surface area contributed by atoms with E-state index in [2.05, 4.69) is 48.5 Å². The number of aliphatic carboxylic acids is 1. The molecule has 4 atom stereocenters. The molecule has 1 aliphatic rings. The summed E-state index contributed by atoms with van der Waals surface area (Å²) < 4.78 is 12.9. The van der Waals surface area contributed by atoms with Crippen LogP contribution < -0.4 is 5.32 Å². The minimum absolute atomic E-state index is 0.00915. The van der Waals surface area contributed by atoms with Gasteiger partial charge < -0.3 is 25.0 Å². The summed E-state index contributed by atoms with van der Waals surface area (Å²) in [6, 6.07) is 25.8. The average Bonchev–Trinajstić information content (AvgIpc) is 2.97. The number of amides is 1. The van der Waals surface area contributed by atoms with Crippen LogP contribution in [0.25, 0.3) is 0 Å². The third kappa shape index (κ3) is 8.22. The molecule has 0 spiro atoms. The van der Waals surface area contributed by atoms with Crippen LogP contribution in [0.5, 0.6) is 0 Å². The average molecular weight is 547 g/mol. The van der Waals surface area contributed by atoms with Crippen molar-refractivity contribution in [3.63, 3.8) is 0 Å². The van der Waals surface area contributed by atoms with Crippen LogP contribution in [-0.2, 0) is 25.7 Å². The van der Waals surface area contributed by atoms with E-state index in [-0.39, 0.29) is 43.6 Å². The molecule has 3 N–H and O–H groups in total. The Kier molecular flexibility index (Phi) is 10.4. The number of hydrogen-bond acceptors (Lipinski definition) is 6. The Balaban J connectivity index is 1.46. The number of hydrogen-bond donors (Lipinski definition) is 3. The van der Waals surface area contributed by atoms with Crippen molar-refractivity contribution in [3.05, 3.63) is 101 Å². The Labute approximate surface area is 235 Å². The first-order valence-electron chi connectivity index (χ1n) is 13.7. The highest BCUT2D eigenvalue weighted by Crippen LogP contribution is 2.39. The second kappa shape index (κ2) is 14.2. The zero-order chi connectivity index (χ0) is 28.5. The molecule has 0 unspecified atom stereocenters. The lowest BCUT2D eigenvalue weighted by Crippen LogP contribution is -2.38. The van der Waals surface area contributed by atoms with Gasteiger partial charge in [0.05, 0.1) is 18.8 Å². The van der Waals surface area contributed by atoms with Crippen LogP contribution in [0, 0.1) is 0 Å². The molecule has 1 heterocycles. The third-order valence-electron chi connectivity index (χ3n) is 7.31. The van der Waals surface area contributed by atoms with E-state index in [0.29, 0.717) is 25.1 Å². The molecule has 3 aromatic carbocycles. The maximum atomic E-state index is 12.2. The smallest absolute Gasteiger partial charge is 0.303 e. The summed E-state index contributed by atoms with van der Waals surface area (Å²) in [7, 11) is 2.10. The molecule has 4 rings (SSSR count). The van der Waals surface area contributed by atoms with Gasteiger partial charge in [-0.15, -0.1) is 0 Å². The lowest BCUT2D eigenvalue weighted by molar-refractivity contribution is -0.253. The third-order valence-corrected chi connectivity index (χ3v) is 7.31. The largest absolute Gasteiger partial charge is 0.481 e. The molecule has 8 heteroatoms. The van der Waals surface area contributed by atoms with Crippen molar-refractivity contribution in [3.8, 4) is 0 Å². The number of rotatable bonds is 12. The molecule has 0 bridgehead atoms. The summed E-state index contributed by atoms with van der Waals surface area (Å²) in [6.45, 7) is 2.89. The molecule has 40 heavy (non-hydrogen) atoms. The van der Waals surface area contributed by atoms with Crippen molar-refractivity contribution >= 4 is 17.6 Å². The fourth-order valence-electron chi connectivity index (χ4n) is 4.85. The number of nitrogens with zero attached hydrogens (tertiary/aromatic N) is 1. The predicted octanol–water partition coefficient (Wildman–Crippen LogP) is 5.61. The normalized spacial score (nSPS) is 19.8. The summed E-state index contributed by atoms with van der Waals surface area (Å²) >= 11 is 0. The Hall–Kier alpha value is -3.56. The van der Waals surface area contributed by atoms with Crippen LogP contribution in [-0.4, -0.2) is 46.7 Å². The molecule has 3 aromatic rings. The highest BCUT2D eigenvalue weighted by molar-refractivity contribution is 5.90. The molecule has 1 aliphatic heterocycles. The highest BCUT2D eigenvalue weighted by atomic mass is 16.7. The SMILES string of the molecule is C[C@@H](c1ccccc1)N(C)C[C@@H]1C[C@H](c2ccc(CO)cc2)O[C@H](c2ccc(NC(=O)CCCC(=O)O)cc2)O1. The van der Waals surface area contributed by atoms with Crippen molar-refractivity contribution in [2.24, 2.45) is 0 Å². The van der Waals surface area contributed by atoms with Crippen LogP contribution in [0.15, 0.2) is 78.9 Å². The fraction of sp³-hybridized carbons (Fsp3) is 0.375. The van der Waals surface area contributed by atoms with Gasteiger partial charge in [-0.3, -0.25) is 14.5 Å². The Morgan fingerprint density at radius 1 is 0.950 bits per heavy atom. The zero-order valence-electron chi connectivity index (χ0n) is 23.0. The molecule has 8 nitrogen and oxygen atoms in total. The molecule has 0 saturated carbocycles. The second-order valence-electron chi connectivity index (χ2n) is 10.3. The molecule has 1 saturated heterocycles. The molecule has 212 valence electrons. The minimum atomic E-state index is -0.911. The topological polar surface area (TPSA) is 108 Å². The number of nitrogens with one attached hydrogen (secondary N) is 1. The van der Waals surface area contributed by atoms with Gasteiger partial charge in [0.2, 0.25) is 5.91 Å². The molecule has 1 fully saturated rings. The molecular weight excluding hydrogens is 508 g/mol. The number of carboxylic acids is 1. The summed E-state index contributed by atoms with van der Waals surface area (Å²) in [5.74, 6) is -1.13. The second-order valence-corrected chi connectivity index (χ2v) is 10.3. The number of aliphatic hydroxyl groups is 1. The van der Waals surface area contributed by atoms with Gasteiger partial charge in [-0.1, -0.05) is 66.7 Å². The number of benzene rings is 3. The first kappa shape index (κ1) is 29.4. The number of ether oxygens (including phenoxy) is 2. The standard InChI is InChI=1S/C32H38N2O6/c1-22(24-7-4-3-5-8-24)34(2)20-28-19-29(25-13-11-23(21-35)12-14-25)40-32(39-28)26-15-17-27(18-16-26)33-30(36)9-6-10-31(37)38/h3-5,7-8,11-18,22,28-29,32,35H,6,9-10,19-21H2,1-2H3,(H,33,36)(H,37,38)/t22-,28-,29+,32+/m0/s1. The summed E-state index contributed by atoms with van der Waals surface area (Å²) in [6.07, 6.45) is 0.218. The van der Waals surface area contributed by atoms with Crippen LogP contribution in [0.1, 0.15) is 73.3 Å². The van der Waals surface area contributed by atoms with E-state index >= 15 is 0 Å². The van der Waals surface area contributed by atoms with Crippen LogP contribution in [0.2, 0.25) is 0 Å². The van der Waals surface area contributed by atoms with Gasteiger partial charge in [0, 0.05) is 43.1 Å². The quantitative estimate of drug-likeness (QED) is 0.271. The van der Waals surface area contributed by atoms with E-state index in [4.69, 9.17) is 14.6 Å². The molecular formula is C32H38N2O6. The minimum Gasteiger partial charge on any atom is -0.481 e. The van der Waals surface area contributed by atoms with Gasteiger partial charge in [-0.25, -0.2) is 0 Å². The van der Waals surface area contributed by atoms with E-state index in [1.54, 1.807) is 12.1 Å².